The maximum atomic E-state index is 11.5. The largest absolute Gasteiger partial charge is 0.465 e. The second kappa shape index (κ2) is 5.96. The lowest BCUT2D eigenvalue weighted by molar-refractivity contribution is 0.0526. The zero-order chi connectivity index (χ0) is 14.7. The summed E-state index contributed by atoms with van der Waals surface area (Å²) in [5, 5.41) is 9.18. The van der Waals surface area contributed by atoms with Crippen molar-refractivity contribution in [2.75, 3.05) is 19.7 Å². The molecule has 0 spiro atoms. The minimum absolute atomic E-state index is 0.313. The second-order valence-corrected chi connectivity index (χ2v) is 4.81. The van der Waals surface area contributed by atoms with Crippen LogP contribution in [0.5, 0.6) is 0 Å². The summed E-state index contributed by atoms with van der Waals surface area (Å²) in [5.74, 6) is -0.408. The summed E-state index contributed by atoms with van der Waals surface area (Å²) in [6.07, 6.45) is 0.919. The van der Waals surface area contributed by atoms with Gasteiger partial charge >= 0.3 is 12.1 Å². The Balaban J connectivity index is 2.10. The number of nitrogens with zero attached hydrogens (tertiary/aromatic N) is 1. The van der Waals surface area contributed by atoms with Crippen LogP contribution < -0.4 is 0 Å². The Morgan fingerprint density at radius 1 is 1.45 bits per heavy atom. The van der Waals surface area contributed by atoms with E-state index in [1.807, 2.05) is 6.08 Å². The minimum atomic E-state index is -0.925. The van der Waals surface area contributed by atoms with Crippen LogP contribution in [0, 0.1) is 0 Å². The number of halogens is 1. The van der Waals surface area contributed by atoms with Gasteiger partial charge in [0.2, 0.25) is 0 Å². The summed E-state index contributed by atoms with van der Waals surface area (Å²) in [4.78, 5) is 23.5. The molecule has 20 heavy (non-hydrogen) atoms. The molecule has 1 fully saturated rings. The number of benzene rings is 1. The van der Waals surface area contributed by atoms with Crippen molar-refractivity contribution < 1.29 is 19.4 Å². The number of carboxylic acid groups (broad SMARTS) is 1. The monoisotopic (exact) mass is 295 g/mol. The van der Waals surface area contributed by atoms with Crippen LogP contribution in [0.25, 0.3) is 6.08 Å². The van der Waals surface area contributed by atoms with E-state index in [1.54, 1.807) is 25.1 Å². The number of hydrogen-bond donors (Lipinski definition) is 1. The molecule has 1 amide bonds. The van der Waals surface area contributed by atoms with Gasteiger partial charge in [-0.15, -0.1) is 0 Å². The SMILES string of the molecule is CCOC(=O)c1ccc(C=C2CN(C(=O)O)C2)c(Cl)c1. The van der Waals surface area contributed by atoms with E-state index in [-0.39, 0.29) is 0 Å². The molecule has 1 aliphatic rings. The first-order chi connectivity index (χ1) is 9.51. The Hall–Kier alpha value is -2.01. The lowest BCUT2D eigenvalue weighted by atomic mass is 10.0. The van der Waals surface area contributed by atoms with E-state index in [9.17, 15) is 9.59 Å². The number of carbonyl (C=O) groups excluding carboxylic acids is 1. The van der Waals surface area contributed by atoms with E-state index in [0.717, 1.165) is 11.1 Å². The van der Waals surface area contributed by atoms with Crippen molar-refractivity contribution in [3.05, 3.63) is 39.9 Å². The first kappa shape index (κ1) is 14.4. The Kier molecular flexibility index (Phi) is 4.29. The Morgan fingerprint density at radius 2 is 2.15 bits per heavy atom. The molecule has 0 atom stereocenters. The highest BCUT2D eigenvalue weighted by atomic mass is 35.5. The molecule has 1 aromatic carbocycles. The van der Waals surface area contributed by atoms with E-state index < -0.39 is 12.1 Å². The number of ether oxygens (including phenoxy) is 1. The van der Waals surface area contributed by atoms with Gasteiger partial charge in [0, 0.05) is 18.1 Å². The number of rotatable bonds is 3. The summed E-state index contributed by atoms with van der Waals surface area (Å²) in [5.41, 5.74) is 2.15. The van der Waals surface area contributed by atoms with Gasteiger partial charge in [-0.2, -0.15) is 0 Å². The van der Waals surface area contributed by atoms with Crippen LogP contribution in [0.4, 0.5) is 4.79 Å². The molecule has 1 saturated heterocycles. The van der Waals surface area contributed by atoms with E-state index in [2.05, 4.69) is 0 Å². The maximum absolute atomic E-state index is 11.5. The van der Waals surface area contributed by atoms with Gasteiger partial charge in [-0.3, -0.25) is 0 Å². The van der Waals surface area contributed by atoms with Crippen LogP contribution in [-0.4, -0.2) is 41.8 Å². The van der Waals surface area contributed by atoms with E-state index in [0.29, 0.717) is 30.3 Å². The Bertz CT molecular complexity index is 575. The fourth-order valence-corrected chi connectivity index (χ4v) is 2.11. The quantitative estimate of drug-likeness (QED) is 0.871. The van der Waals surface area contributed by atoms with Gasteiger partial charge in [-0.25, -0.2) is 9.59 Å². The normalized spacial score (nSPS) is 13.7. The molecule has 0 radical (unpaired) electrons. The van der Waals surface area contributed by atoms with Crippen LogP contribution in [-0.2, 0) is 4.74 Å². The first-order valence-corrected chi connectivity index (χ1v) is 6.53. The zero-order valence-corrected chi connectivity index (χ0v) is 11.7. The van der Waals surface area contributed by atoms with Gasteiger partial charge in [-0.1, -0.05) is 23.7 Å². The molecule has 0 aliphatic carbocycles. The summed E-state index contributed by atoms with van der Waals surface area (Å²) in [6.45, 7) is 2.84. The molecule has 0 unspecified atom stereocenters. The van der Waals surface area contributed by atoms with E-state index in [1.165, 1.54) is 4.90 Å². The van der Waals surface area contributed by atoms with Crippen molar-refractivity contribution in [2.24, 2.45) is 0 Å². The van der Waals surface area contributed by atoms with Gasteiger partial charge in [0.15, 0.2) is 0 Å². The predicted octanol–water partition coefficient (Wildman–Crippen LogP) is 2.89. The second-order valence-electron chi connectivity index (χ2n) is 4.40. The smallest absolute Gasteiger partial charge is 0.407 e. The van der Waals surface area contributed by atoms with Crippen LogP contribution in [0.2, 0.25) is 5.02 Å². The average Bonchev–Trinajstić information content (AvgIpc) is 2.34. The fourth-order valence-electron chi connectivity index (χ4n) is 1.88. The molecule has 6 heteroatoms. The third-order valence-corrected chi connectivity index (χ3v) is 3.26. The van der Waals surface area contributed by atoms with Gasteiger partial charge in [0.05, 0.1) is 12.2 Å². The van der Waals surface area contributed by atoms with Crippen molar-refractivity contribution in [3.63, 3.8) is 0 Å². The molecule has 1 heterocycles. The zero-order valence-electron chi connectivity index (χ0n) is 10.9. The summed E-state index contributed by atoms with van der Waals surface area (Å²) >= 11 is 6.12. The van der Waals surface area contributed by atoms with Gasteiger partial charge in [-0.05, 0) is 30.2 Å². The van der Waals surface area contributed by atoms with Crippen molar-refractivity contribution in [3.8, 4) is 0 Å². The Labute approximate surface area is 121 Å². The van der Waals surface area contributed by atoms with Crippen LogP contribution in [0.3, 0.4) is 0 Å². The topological polar surface area (TPSA) is 66.8 Å². The highest BCUT2D eigenvalue weighted by Gasteiger charge is 2.24. The van der Waals surface area contributed by atoms with Crippen molar-refractivity contribution >= 4 is 29.7 Å². The molecule has 0 saturated carbocycles. The molecule has 1 aromatic rings. The minimum Gasteiger partial charge on any atom is -0.465 e. The van der Waals surface area contributed by atoms with Gasteiger partial charge < -0.3 is 14.7 Å². The molecule has 0 aromatic heterocycles. The summed E-state index contributed by atoms with van der Waals surface area (Å²) in [7, 11) is 0. The highest BCUT2D eigenvalue weighted by Crippen LogP contribution is 2.24. The standard InChI is InChI=1S/C14H14ClNO4/c1-2-20-13(17)11-4-3-10(12(15)6-11)5-9-7-16(8-9)14(18)19/h3-6H,2,7-8H2,1H3,(H,18,19). The molecular weight excluding hydrogens is 282 g/mol. The average molecular weight is 296 g/mol. The number of carbonyl (C=O) groups is 2. The van der Waals surface area contributed by atoms with Crippen LogP contribution >= 0.6 is 11.6 Å². The fraction of sp³-hybridized carbons (Fsp3) is 0.286. The predicted molar refractivity (Wildman–Crippen MR) is 75.0 cm³/mol. The molecule has 0 bridgehead atoms. The van der Waals surface area contributed by atoms with Gasteiger partial charge in [0.1, 0.15) is 0 Å². The molecular formula is C14H14ClNO4. The molecule has 1 N–H and O–H groups in total. The van der Waals surface area contributed by atoms with Crippen molar-refractivity contribution in [1.82, 2.24) is 4.90 Å². The maximum Gasteiger partial charge on any atom is 0.407 e. The van der Waals surface area contributed by atoms with Crippen LogP contribution in [0.1, 0.15) is 22.8 Å². The lowest BCUT2D eigenvalue weighted by Gasteiger charge is -2.31. The van der Waals surface area contributed by atoms with Crippen LogP contribution in [0.15, 0.2) is 23.8 Å². The van der Waals surface area contributed by atoms with Crippen molar-refractivity contribution in [2.45, 2.75) is 6.92 Å². The van der Waals surface area contributed by atoms with Gasteiger partial charge in [0.25, 0.3) is 0 Å². The number of esters is 1. The number of amides is 1. The Morgan fingerprint density at radius 3 is 2.70 bits per heavy atom. The van der Waals surface area contributed by atoms with E-state index >= 15 is 0 Å². The first-order valence-electron chi connectivity index (χ1n) is 6.15. The summed E-state index contributed by atoms with van der Waals surface area (Å²) < 4.78 is 4.89. The third kappa shape index (κ3) is 3.11. The molecule has 106 valence electrons. The lowest BCUT2D eigenvalue weighted by Crippen LogP contribution is -2.43. The van der Waals surface area contributed by atoms with Crippen molar-refractivity contribution in [1.29, 1.82) is 0 Å². The number of likely N-dealkylation sites (tertiary alicyclic amines) is 1. The molecule has 1 aliphatic heterocycles. The third-order valence-electron chi connectivity index (χ3n) is 2.93. The molecule has 2 rings (SSSR count). The van der Waals surface area contributed by atoms with E-state index in [4.69, 9.17) is 21.4 Å². The molecule has 5 nitrogen and oxygen atoms in total. The highest BCUT2D eigenvalue weighted by molar-refractivity contribution is 6.32. The number of hydrogen-bond acceptors (Lipinski definition) is 3. The summed E-state index contributed by atoms with van der Waals surface area (Å²) in [6, 6.07) is 4.93.